The Hall–Kier alpha value is -3.47. The van der Waals surface area contributed by atoms with Gasteiger partial charge in [0, 0.05) is 36.2 Å². The number of amides is 2. The zero-order valence-electron chi connectivity index (χ0n) is 21.9. The number of alkyl halides is 1. The van der Waals surface area contributed by atoms with Crippen molar-refractivity contribution in [3.05, 3.63) is 59.9 Å². The largest absolute Gasteiger partial charge is 0.351 e. The molecular formula is C29H36FN5O2. The molecule has 1 saturated carbocycles. The molecular weight excluding hydrogens is 469 g/mol. The summed E-state index contributed by atoms with van der Waals surface area (Å²) >= 11 is 0. The number of nitrogens with one attached hydrogen (secondary N) is 1. The third kappa shape index (κ3) is 5.93. The topological polar surface area (TPSA) is 89.3 Å². The van der Waals surface area contributed by atoms with Crippen molar-refractivity contribution in [2.45, 2.75) is 89.0 Å². The summed E-state index contributed by atoms with van der Waals surface area (Å²) in [6.45, 7) is 6.45. The van der Waals surface area contributed by atoms with Gasteiger partial charge in [0.15, 0.2) is 6.19 Å². The molecule has 1 N–H and O–H groups in total. The summed E-state index contributed by atoms with van der Waals surface area (Å²) in [5.41, 5.74) is 1.96. The van der Waals surface area contributed by atoms with Crippen molar-refractivity contribution in [1.82, 2.24) is 15.2 Å². The van der Waals surface area contributed by atoms with Crippen LogP contribution in [0.15, 0.2) is 48.8 Å². The quantitative estimate of drug-likeness (QED) is 0.570. The van der Waals surface area contributed by atoms with Crippen molar-refractivity contribution in [2.75, 3.05) is 11.4 Å². The van der Waals surface area contributed by atoms with Crippen LogP contribution in [-0.2, 0) is 15.0 Å². The zero-order valence-corrected chi connectivity index (χ0v) is 21.9. The van der Waals surface area contributed by atoms with Crippen molar-refractivity contribution in [3.8, 4) is 6.19 Å². The van der Waals surface area contributed by atoms with Crippen LogP contribution in [0.2, 0.25) is 0 Å². The van der Waals surface area contributed by atoms with Crippen molar-refractivity contribution in [3.63, 3.8) is 0 Å². The van der Waals surface area contributed by atoms with Crippen LogP contribution in [-0.4, -0.2) is 46.5 Å². The van der Waals surface area contributed by atoms with Crippen LogP contribution >= 0.6 is 0 Å². The summed E-state index contributed by atoms with van der Waals surface area (Å²) in [4.78, 5) is 34.8. The lowest BCUT2D eigenvalue weighted by atomic mass is 9.87. The van der Waals surface area contributed by atoms with Crippen LogP contribution in [0, 0.1) is 11.5 Å². The van der Waals surface area contributed by atoms with Crippen LogP contribution in [0.25, 0.3) is 0 Å². The first-order valence-electron chi connectivity index (χ1n) is 13.1. The fourth-order valence-corrected chi connectivity index (χ4v) is 5.31. The predicted octanol–water partition coefficient (Wildman–Crippen LogP) is 4.80. The van der Waals surface area contributed by atoms with Crippen LogP contribution in [0.4, 0.5) is 10.1 Å². The number of anilines is 1. The molecule has 1 aromatic carbocycles. The number of benzene rings is 1. The first-order chi connectivity index (χ1) is 17.7. The van der Waals surface area contributed by atoms with E-state index in [-0.39, 0.29) is 30.3 Å². The molecule has 2 amide bonds. The molecule has 0 bridgehead atoms. The standard InChI is InChI=1S/C29H36FN5O2/c1-29(2,3)21-11-13-23(14-12-21)35(28(37)26-24(30)15-17-34(26)19-31)25(20-8-7-16-32-18-20)27(36)33-22-9-5-4-6-10-22/h7-8,11-14,16,18,22,24-26H,4-6,9-10,15,17H2,1-3H3,(H,33,36)/t24-,25?,26-/m1/s1. The summed E-state index contributed by atoms with van der Waals surface area (Å²) in [6.07, 6.45) is 8.74. The van der Waals surface area contributed by atoms with Gasteiger partial charge in [-0.25, -0.2) is 4.39 Å². The summed E-state index contributed by atoms with van der Waals surface area (Å²) in [5.74, 6) is -0.937. The zero-order chi connectivity index (χ0) is 26.6. The molecule has 1 aliphatic carbocycles. The fourth-order valence-electron chi connectivity index (χ4n) is 5.31. The maximum absolute atomic E-state index is 15.1. The fraction of sp³-hybridized carbons (Fsp3) is 0.517. The molecule has 2 aliphatic rings. The highest BCUT2D eigenvalue weighted by Crippen LogP contribution is 2.34. The molecule has 2 heterocycles. The highest BCUT2D eigenvalue weighted by atomic mass is 19.1. The number of hydrogen-bond acceptors (Lipinski definition) is 5. The Morgan fingerprint density at radius 2 is 1.84 bits per heavy atom. The summed E-state index contributed by atoms with van der Waals surface area (Å²) in [7, 11) is 0. The van der Waals surface area contributed by atoms with E-state index in [1.165, 1.54) is 9.80 Å². The Labute approximate surface area is 218 Å². The summed E-state index contributed by atoms with van der Waals surface area (Å²) in [6, 6.07) is 8.62. The molecule has 1 saturated heterocycles. The van der Waals surface area contributed by atoms with Gasteiger partial charge in [-0.05, 0) is 48.4 Å². The van der Waals surface area contributed by atoms with Gasteiger partial charge in [-0.15, -0.1) is 0 Å². The molecule has 7 nitrogen and oxygen atoms in total. The van der Waals surface area contributed by atoms with Crippen molar-refractivity contribution in [1.29, 1.82) is 5.26 Å². The molecule has 2 fully saturated rings. The van der Waals surface area contributed by atoms with Gasteiger partial charge in [0.25, 0.3) is 5.91 Å². The smallest absolute Gasteiger partial charge is 0.254 e. The van der Waals surface area contributed by atoms with Gasteiger partial charge >= 0.3 is 0 Å². The molecule has 2 aromatic rings. The molecule has 4 rings (SSSR count). The number of halogens is 1. The number of carbonyl (C=O) groups is 2. The monoisotopic (exact) mass is 505 g/mol. The van der Waals surface area contributed by atoms with Gasteiger partial charge in [-0.3, -0.25) is 24.4 Å². The number of nitriles is 1. The van der Waals surface area contributed by atoms with Gasteiger partial charge in [0.1, 0.15) is 18.3 Å². The van der Waals surface area contributed by atoms with Crippen LogP contribution in [0.5, 0.6) is 0 Å². The van der Waals surface area contributed by atoms with Crippen LogP contribution in [0.1, 0.15) is 76.5 Å². The van der Waals surface area contributed by atoms with E-state index in [9.17, 15) is 14.9 Å². The molecule has 37 heavy (non-hydrogen) atoms. The minimum Gasteiger partial charge on any atom is -0.351 e. The molecule has 1 unspecified atom stereocenters. The number of likely N-dealkylation sites (tertiary alicyclic amines) is 1. The summed E-state index contributed by atoms with van der Waals surface area (Å²) in [5, 5.41) is 12.8. The van der Waals surface area contributed by atoms with Crippen LogP contribution < -0.4 is 10.2 Å². The highest BCUT2D eigenvalue weighted by molar-refractivity contribution is 6.04. The third-order valence-electron chi connectivity index (χ3n) is 7.41. The first kappa shape index (κ1) is 26.6. The third-order valence-corrected chi connectivity index (χ3v) is 7.41. The van der Waals surface area contributed by atoms with E-state index in [1.807, 2.05) is 18.3 Å². The molecule has 0 spiro atoms. The number of pyridine rings is 1. The molecule has 1 aliphatic heterocycles. The minimum atomic E-state index is -1.50. The predicted molar refractivity (Wildman–Crippen MR) is 140 cm³/mol. The average molecular weight is 506 g/mol. The van der Waals surface area contributed by atoms with Crippen molar-refractivity contribution < 1.29 is 14.0 Å². The lowest BCUT2D eigenvalue weighted by Gasteiger charge is -2.36. The molecule has 196 valence electrons. The van der Waals surface area contributed by atoms with E-state index < -0.39 is 24.2 Å². The lowest BCUT2D eigenvalue weighted by molar-refractivity contribution is -0.129. The number of carbonyl (C=O) groups excluding carboxylic acids is 2. The Kier molecular flexibility index (Phi) is 8.11. The van der Waals surface area contributed by atoms with E-state index in [4.69, 9.17) is 0 Å². The molecule has 1 aromatic heterocycles. The normalized spacial score (nSPS) is 21.2. The minimum absolute atomic E-state index is 0.0247. The maximum Gasteiger partial charge on any atom is 0.254 e. The van der Waals surface area contributed by atoms with Crippen LogP contribution in [0.3, 0.4) is 0 Å². The van der Waals surface area contributed by atoms with E-state index in [0.717, 1.165) is 37.7 Å². The number of hydrogen-bond donors (Lipinski definition) is 1. The van der Waals surface area contributed by atoms with Gasteiger partial charge < -0.3 is 5.32 Å². The van der Waals surface area contributed by atoms with Gasteiger partial charge in [0.2, 0.25) is 5.91 Å². The average Bonchev–Trinajstić information content (AvgIpc) is 3.27. The molecule has 3 atom stereocenters. The number of aromatic nitrogens is 1. The second-order valence-corrected chi connectivity index (χ2v) is 11.1. The molecule has 0 radical (unpaired) electrons. The van der Waals surface area contributed by atoms with Crippen molar-refractivity contribution in [2.24, 2.45) is 0 Å². The highest BCUT2D eigenvalue weighted by Gasteiger charge is 2.45. The Balaban J connectivity index is 1.80. The lowest BCUT2D eigenvalue weighted by Crippen LogP contribution is -2.53. The van der Waals surface area contributed by atoms with Gasteiger partial charge in [0.05, 0.1) is 0 Å². The maximum atomic E-state index is 15.1. The Bertz CT molecular complexity index is 1120. The Morgan fingerprint density at radius 1 is 1.14 bits per heavy atom. The second kappa shape index (κ2) is 11.3. The van der Waals surface area contributed by atoms with E-state index in [1.54, 1.807) is 36.7 Å². The van der Waals surface area contributed by atoms with Crippen molar-refractivity contribution >= 4 is 17.5 Å². The van der Waals surface area contributed by atoms with E-state index >= 15 is 4.39 Å². The summed E-state index contributed by atoms with van der Waals surface area (Å²) < 4.78 is 15.1. The van der Waals surface area contributed by atoms with Gasteiger partial charge in [-0.2, -0.15) is 5.26 Å². The number of nitrogens with zero attached hydrogens (tertiary/aromatic N) is 4. The van der Waals surface area contributed by atoms with Gasteiger partial charge in [-0.1, -0.05) is 58.2 Å². The first-order valence-corrected chi connectivity index (χ1v) is 13.1. The Morgan fingerprint density at radius 3 is 2.43 bits per heavy atom. The molecule has 8 heteroatoms. The SMILES string of the molecule is CC(C)(C)c1ccc(N(C(=O)[C@H]2[C@H](F)CCN2C#N)C(C(=O)NC2CCCCC2)c2cccnc2)cc1. The van der Waals surface area contributed by atoms with E-state index in [0.29, 0.717) is 11.3 Å². The number of rotatable bonds is 6. The van der Waals surface area contributed by atoms with E-state index in [2.05, 4.69) is 31.1 Å². The second-order valence-electron chi connectivity index (χ2n) is 11.1.